The van der Waals surface area contributed by atoms with Gasteiger partial charge in [0.2, 0.25) is 11.8 Å². The van der Waals surface area contributed by atoms with Crippen molar-refractivity contribution in [1.29, 1.82) is 0 Å². The first-order chi connectivity index (χ1) is 13.6. The molecule has 4 rings (SSSR count). The first kappa shape index (κ1) is 18.7. The van der Waals surface area contributed by atoms with E-state index in [-0.39, 0.29) is 35.5 Å². The first-order valence-electron chi connectivity index (χ1n) is 10.1. The lowest BCUT2D eigenvalue weighted by Gasteiger charge is -2.18. The molecule has 2 amide bonds. The third-order valence-electron chi connectivity index (χ3n) is 5.88. The third kappa shape index (κ3) is 3.41. The van der Waals surface area contributed by atoms with Crippen molar-refractivity contribution in [2.45, 2.75) is 26.8 Å². The van der Waals surface area contributed by atoms with Gasteiger partial charge in [0.25, 0.3) is 0 Å². The standard InChI is InChI=1S/C21H27N5O2/c1-3-22-21(24-12-16-6-4-5-13(2)25-16)23-9-10-26-19(27)17-14-7-8-15(11-14)18(17)20(26)28/h4-8,14-15,17-18H,3,9-12H2,1-2H3,(H2,22,23,24). The van der Waals surface area contributed by atoms with Crippen molar-refractivity contribution in [2.75, 3.05) is 19.6 Å². The van der Waals surface area contributed by atoms with Crippen LogP contribution >= 0.6 is 0 Å². The highest BCUT2D eigenvalue weighted by Gasteiger charge is 2.58. The number of hydrogen-bond acceptors (Lipinski definition) is 4. The van der Waals surface area contributed by atoms with E-state index < -0.39 is 0 Å². The third-order valence-corrected chi connectivity index (χ3v) is 5.88. The lowest BCUT2D eigenvalue weighted by Crippen LogP contribution is -2.43. The van der Waals surface area contributed by atoms with Crippen LogP contribution < -0.4 is 10.6 Å². The topological polar surface area (TPSA) is 86.7 Å². The molecule has 0 spiro atoms. The van der Waals surface area contributed by atoms with E-state index >= 15 is 0 Å². The van der Waals surface area contributed by atoms with Gasteiger partial charge in [-0.1, -0.05) is 18.2 Å². The summed E-state index contributed by atoms with van der Waals surface area (Å²) in [6.45, 7) is 6.01. The van der Waals surface area contributed by atoms with Crippen LogP contribution in [0.15, 0.2) is 35.3 Å². The van der Waals surface area contributed by atoms with Gasteiger partial charge < -0.3 is 10.6 Å². The van der Waals surface area contributed by atoms with E-state index in [1.165, 1.54) is 4.90 Å². The van der Waals surface area contributed by atoms with Crippen molar-refractivity contribution in [3.63, 3.8) is 0 Å². The zero-order valence-corrected chi connectivity index (χ0v) is 16.4. The summed E-state index contributed by atoms with van der Waals surface area (Å²) in [4.78, 5) is 35.9. The van der Waals surface area contributed by atoms with Crippen LogP contribution in [0.25, 0.3) is 0 Å². The number of aryl methyl sites for hydroxylation is 1. The Hall–Kier alpha value is -2.70. The highest BCUT2D eigenvalue weighted by molar-refractivity contribution is 6.06. The Balaban J connectivity index is 1.33. The molecule has 4 atom stereocenters. The Bertz CT molecular complexity index is 804. The number of guanidine groups is 1. The molecule has 2 N–H and O–H groups in total. The quantitative estimate of drug-likeness (QED) is 0.335. The van der Waals surface area contributed by atoms with Crippen LogP contribution in [0.4, 0.5) is 0 Å². The second-order valence-corrected chi connectivity index (χ2v) is 7.72. The largest absolute Gasteiger partial charge is 0.357 e. The number of fused-ring (bicyclic) bond motifs is 5. The fraction of sp³-hybridized carbons (Fsp3) is 0.524. The maximum absolute atomic E-state index is 12.7. The molecule has 1 saturated heterocycles. The number of aromatic nitrogens is 1. The number of nitrogens with zero attached hydrogens (tertiary/aromatic N) is 3. The van der Waals surface area contributed by atoms with E-state index in [4.69, 9.17) is 0 Å². The minimum atomic E-state index is -0.128. The molecule has 1 aromatic rings. The summed E-state index contributed by atoms with van der Waals surface area (Å²) >= 11 is 0. The lowest BCUT2D eigenvalue weighted by molar-refractivity contribution is -0.140. The highest BCUT2D eigenvalue weighted by atomic mass is 16.2. The second-order valence-electron chi connectivity index (χ2n) is 7.72. The number of rotatable bonds is 6. The van der Waals surface area contributed by atoms with Crippen molar-refractivity contribution < 1.29 is 9.59 Å². The summed E-state index contributed by atoms with van der Waals surface area (Å²) in [7, 11) is 0. The average molecular weight is 381 g/mol. The summed E-state index contributed by atoms with van der Waals surface area (Å²) in [5.41, 5.74) is 1.86. The van der Waals surface area contributed by atoms with E-state index in [9.17, 15) is 9.59 Å². The number of pyridine rings is 1. The zero-order chi connectivity index (χ0) is 19.7. The molecule has 3 aliphatic rings. The zero-order valence-electron chi connectivity index (χ0n) is 16.4. The lowest BCUT2D eigenvalue weighted by atomic mass is 9.85. The van der Waals surface area contributed by atoms with Crippen LogP contribution in [-0.2, 0) is 16.1 Å². The Kier molecular flexibility index (Phi) is 5.15. The maximum Gasteiger partial charge on any atom is 0.233 e. The molecule has 4 unspecified atom stereocenters. The SMILES string of the molecule is CCNC(=NCc1cccc(C)n1)NCCN1C(=O)C2C3C=CC(C3)C2C1=O. The number of allylic oxidation sites excluding steroid dienone is 2. The van der Waals surface area contributed by atoms with Gasteiger partial charge in [0.1, 0.15) is 0 Å². The number of aliphatic imine (C=N–C) groups is 1. The van der Waals surface area contributed by atoms with Crippen LogP contribution in [0.3, 0.4) is 0 Å². The Labute approximate surface area is 165 Å². The summed E-state index contributed by atoms with van der Waals surface area (Å²) in [6.07, 6.45) is 5.20. The molecule has 1 aliphatic heterocycles. The molecule has 28 heavy (non-hydrogen) atoms. The van der Waals surface area contributed by atoms with Crippen molar-refractivity contribution >= 4 is 17.8 Å². The van der Waals surface area contributed by atoms with Gasteiger partial charge in [-0.05, 0) is 44.2 Å². The molecule has 0 aromatic carbocycles. The highest BCUT2D eigenvalue weighted by Crippen LogP contribution is 2.52. The molecule has 2 aliphatic carbocycles. The van der Waals surface area contributed by atoms with Gasteiger partial charge in [0.05, 0.1) is 24.1 Å². The minimum absolute atomic E-state index is 0.000416. The second kappa shape index (κ2) is 7.73. The van der Waals surface area contributed by atoms with Crippen LogP contribution in [0.1, 0.15) is 24.7 Å². The van der Waals surface area contributed by atoms with Crippen LogP contribution in [0, 0.1) is 30.6 Å². The summed E-state index contributed by atoms with van der Waals surface area (Å²) < 4.78 is 0. The number of amides is 2. The molecule has 7 heteroatoms. The van der Waals surface area contributed by atoms with Gasteiger partial charge >= 0.3 is 0 Å². The van der Waals surface area contributed by atoms with E-state index in [1.54, 1.807) is 0 Å². The molecular formula is C21H27N5O2. The monoisotopic (exact) mass is 381 g/mol. The average Bonchev–Trinajstić information content (AvgIpc) is 3.35. The fourth-order valence-corrected chi connectivity index (χ4v) is 4.66. The van der Waals surface area contributed by atoms with Gasteiger partial charge in [0.15, 0.2) is 5.96 Å². The van der Waals surface area contributed by atoms with Crippen molar-refractivity contribution in [3.05, 3.63) is 41.7 Å². The molecule has 148 valence electrons. The van der Waals surface area contributed by atoms with Crippen LogP contribution in [-0.4, -0.2) is 47.3 Å². The molecule has 2 fully saturated rings. The predicted octanol–water partition coefficient (Wildman–Crippen LogP) is 1.25. The molecule has 0 radical (unpaired) electrons. The van der Waals surface area contributed by atoms with Crippen molar-refractivity contribution in [3.8, 4) is 0 Å². The van der Waals surface area contributed by atoms with Gasteiger partial charge in [0, 0.05) is 25.3 Å². The minimum Gasteiger partial charge on any atom is -0.357 e. The number of likely N-dealkylation sites (tertiary alicyclic amines) is 1. The van der Waals surface area contributed by atoms with Gasteiger partial charge in [-0.3, -0.25) is 19.5 Å². The summed E-state index contributed by atoms with van der Waals surface area (Å²) in [5, 5.41) is 6.42. The smallest absolute Gasteiger partial charge is 0.233 e. The molecule has 1 saturated carbocycles. The van der Waals surface area contributed by atoms with Crippen LogP contribution in [0.2, 0.25) is 0 Å². The van der Waals surface area contributed by atoms with Gasteiger partial charge in [-0.25, -0.2) is 4.99 Å². The number of carbonyl (C=O) groups is 2. The van der Waals surface area contributed by atoms with Crippen LogP contribution in [0.5, 0.6) is 0 Å². The number of imide groups is 1. The summed E-state index contributed by atoms with van der Waals surface area (Å²) in [6, 6.07) is 5.87. The van der Waals surface area contributed by atoms with E-state index in [2.05, 4.69) is 32.8 Å². The summed E-state index contributed by atoms with van der Waals surface area (Å²) in [5.74, 6) is 0.912. The van der Waals surface area contributed by atoms with Crippen molar-refractivity contribution in [1.82, 2.24) is 20.5 Å². The molecular weight excluding hydrogens is 354 g/mol. The van der Waals surface area contributed by atoms with E-state index in [0.717, 1.165) is 24.4 Å². The normalized spacial score (nSPS) is 28.2. The Morgan fingerprint density at radius 1 is 1.18 bits per heavy atom. The van der Waals surface area contributed by atoms with E-state index in [1.807, 2.05) is 32.0 Å². The number of hydrogen-bond donors (Lipinski definition) is 2. The Morgan fingerprint density at radius 2 is 1.89 bits per heavy atom. The Morgan fingerprint density at radius 3 is 2.54 bits per heavy atom. The molecule has 7 nitrogen and oxygen atoms in total. The number of carbonyl (C=O) groups excluding carboxylic acids is 2. The molecule has 2 heterocycles. The van der Waals surface area contributed by atoms with E-state index in [0.29, 0.717) is 25.6 Å². The number of nitrogens with one attached hydrogen (secondary N) is 2. The molecule has 1 aromatic heterocycles. The first-order valence-corrected chi connectivity index (χ1v) is 10.1. The van der Waals surface area contributed by atoms with Gasteiger partial charge in [-0.2, -0.15) is 0 Å². The van der Waals surface area contributed by atoms with Gasteiger partial charge in [-0.15, -0.1) is 0 Å². The molecule has 2 bridgehead atoms. The van der Waals surface area contributed by atoms with Crippen molar-refractivity contribution in [2.24, 2.45) is 28.7 Å². The maximum atomic E-state index is 12.7. The fourth-order valence-electron chi connectivity index (χ4n) is 4.66. The predicted molar refractivity (Wildman–Crippen MR) is 106 cm³/mol.